The number of hydrogen-bond acceptors (Lipinski definition) is 3. The zero-order valence-electron chi connectivity index (χ0n) is 14.0. The van der Waals surface area contributed by atoms with Gasteiger partial charge in [-0.3, -0.25) is 0 Å². The van der Waals surface area contributed by atoms with Crippen LogP contribution in [0.4, 0.5) is 0 Å². The molecule has 1 aromatic carbocycles. The van der Waals surface area contributed by atoms with E-state index in [9.17, 15) is 8.42 Å². The molecule has 0 bridgehead atoms. The maximum absolute atomic E-state index is 12.5. The third kappa shape index (κ3) is 3.95. The molecule has 2 fully saturated rings. The van der Waals surface area contributed by atoms with Gasteiger partial charge in [-0.05, 0) is 49.3 Å². The summed E-state index contributed by atoms with van der Waals surface area (Å²) in [6.45, 7) is 4.46. The molecule has 1 saturated heterocycles. The first-order valence-electron chi connectivity index (χ1n) is 8.90. The molecule has 4 nitrogen and oxygen atoms in total. The van der Waals surface area contributed by atoms with Crippen molar-refractivity contribution < 1.29 is 8.42 Å². The van der Waals surface area contributed by atoms with E-state index < -0.39 is 10.0 Å². The highest BCUT2D eigenvalue weighted by Gasteiger charge is 2.27. The summed E-state index contributed by atoms with van der Waals surface area (Å²) < 4.78 is 26.6. The van der Waals surface area contributed by atoms with Crippen molar-refractivity contribution in [2.24, 2.45) is 5.92 Å². The van der Waals surface area contributed by atoms with Crippen molar-refractivity contribution in [3.8, 4) is 0 Å². The summed E-state index contributed by atoms with van der Waals surface area (Å²) >= 11 is 0. The van der Waals surface area contributed by atoms with E-state index in [1.807, 2.05) is 12.1 Å². The van der Waals surface area contributed by atoms with Gasteiger partial charge in [-0.15, -0.1) is 0 Å². The average molecular weight is 337 g/mol. The lowest BCUT2D eigenvalue weighted by Crippen LogP contribution is -2.36. The van der Waals surface area contributed by atoms with E-state index in [1.54, 1.807) is 16.4 Å². The summed E-state index contributed by atoms with van der Waals surface area (Å²) in [4.78, 5) is 0.425. The first-order chi connectivity index (χ1) is 11.1. The molecule has 1 aromatic rings. The first-order valence-corrected chi connectivity index (χ1v) is 10.3. The van der Waals surface area contributed by atoms with Gasteiger partial charge in [-0.2, -0.15) is 4.31 Å². The topological polar surface area (TPSA) is 49.4 Å². The molecule has 1 N–H and O–H groups in total. The van der Waals surface area contributed by atoms with Gasteiger partial charge in [0, 0.05) is 25.7 Å². The minimum absolute atomic E-state index is 0.425. The lowest BCUT2D eigenvalue weighted by molar-refractivity contribution is 0.279. The van der Waals surface area contributed by atoms with Crippen LogP contribution in [0.25, 0.3) is 0 Å². The minimum atomic E-state index is -3.29. The van der Waals surface area contributed by atoms with Crippen LogP contribution in [0.3, 0.4) is 0 Å². The van der Waals surface area contributed by atoms with Crippen molar-refractivity contribution >= 4 is 10.0 Å². The SMILES string of the molecule is CC1CCCCC1NCc1ccc(S(=O)(=O)N2CCCC2)cc1. The van der Waals surface area contributed by atoms with Crippen LogP contribution < -0.4 is 5.32 Å². The largest absolute Gasteiger partial charge is 0.310 e. The van der Waals surface area contributed by atoms with E-state index in [2.05, 4.69) is 12.2 Å². The van der Waals surface area contributed by atoms with Crippen LogP contribution in [-0.4, -0.2) is 31.9 Å². The average Bonchev–Trinajstić information content (AvgIpc) is 3.10. The summed E-state index contributed by atoms with van der Waals surface area (Å²) in [5, 5.41) is 3.64. The normalized spacial score (nSPS) is 26.5. The first kappa shape index (κ1) is 16.9. The monoisotopic (exact) mass is 336 g/mol. The van der Waals surface area contributed by atoms with Gasteiger partial charge in [0.1, 0.15) is 0 Å². The van der Waals surface area contributed by atoms with Gasteiger partial charge in [0.2, 0.25) is 10.0 Å². The van der Waals surface area contributed by atoms with Gasteiger partial charge in [0.05, 0.1) is 4.90 Å². The summed E-state index contributed by atoms with van der Waals surface area (Å²) in [5.41, 5.74) is 1.16. The summed E-state index contributed by atoms with van der Waals surface area (Å²) in [5.74, 6) is 0.735. The summed E-state index contributed by atoms with van der Waals surface area (Å²) in [7, 11) is -3.29. The standard InChI is InChI=1S/C18H28N2O2S/c1-15-6-2-3-7-18(15)19-14-16-8-10-17(11-9-16)23(21,22)20-12-4-5-13-20/h8-11,15,18-19H,2-7,12-14H2,1H3. The van der Waals surface area contributed by atoms with Crippen molar-refractivity contribution in [2.45, 2.75) is 62.9 Å². The Morgan fingerprint density at radius 3 is 2.35 bits per heavy atom. The summed E-state index contributed by atoms with van der Waals surface area (Å²) in [6, 6.07) is 8.01. The van der Waals surface area contributed by atoms with Gasteiger partial charge in [-0.1, -0.05) is 31.9 Å². The second-order valence-corrected chi connectivity index (χ2v) is 8.94. The van der Waals surface area contributed by atoms with Crippen LogP contribution >= 0.6 is 0 Å². The molecule has 3 rings (SSSR count). The molecule has 1 saturated carbocycles. The molecule has 5 heteroatoms. The van der Waals surface area contributed by atoms with Crippen molar-refractivity contribution in [3.05, 3.63) is 29.8 Å². The predicted octanol–water partition coefficient (Wildman–Crippen LogP) is 3.14. The van der Waals surface area contributed by atoms with Crippen LogP contribution in [0, 0.1) is 5.92 Å². The quantitative estimate of drug-likeness (QED) is 0.899. The molecule has 1 heterocycles. The minimum Gasteiger partial charge on any atom is -0.310 e. The number of benzene rings is 1. The molecule has 0 radical (unpaired) electrons. The second-order valence-electron chi connectivity index (χ2n) is 7.00. The molecule has 0 amide bonds. The Morgan fingerprint density at radius 1 is 1.04 bits per heavy atom. The second kappa shape index (κ2) is 7.32. The fraction of sp³-hybridized carbons (Fsp3) is 0.667. The Bertz CT molecular complexity index is 606. The van der Waals surface area contributed by atoms with Gasteiger partial charge in [-0.25, -0.2) is 8.42 Å². The number of hydrogen-bond donors (Lipinski definition) is 1. The van der Waals surface area contributed by atoms with E-state index >= 15 is 0 Å². The zero-order chi connectivity index (χ0) is 16.3. The molecule has 0 spiro atoms. The van der Waals surface area contributed by atoms with E-state index in [4.69, 9.17) is 0 Å². The Kier molecular flexibility index (Phi) is 5.39. The van der Waals surface area contributed by atoms with Crippen molar-refractivity contribution in [2.75, 3.05) is 13.1 Å². The van der Waals surface area contributed by atoms with E-state index in [0.29, 0.717) is 24.0 Å². The maximum atomic E-state index is 12.5. The highest BCUT2D eigenvalue weighted by atomic mass is 32.2. The number of rotatable bonds is 5. The molecular formula is C18H28N2O2S. The molecule has 1 aliphatic carbocycles. The van der Waals surface area contributed by atoms with Crippen molar-refractivity contribution in [3.63, 3.8) is 0 Å². The maximum Gasteiger partial charge on any atom is 0.243 e. The van der Waals surface area contributed by atoms with Gasteiger partial charge in [0.15, 0.2) is 0 Å². The van der Waals surface area contributed by atoms with Crippen LogP contribution in [-0.2, 0) is 16.6 Å². The van der Waals surface area contributed by atoms with E-state index in [1.165, 1.54) is 25.7 Å². The highest BCUT2D eigenvalue weighted by molar-refractivity contribution is 7.89. The van der Waals surface area contributed by atoms with Crippen molar-refractivity contribution in [1.29, 1.82) is 0 Å². The fourth-order valence-corrected chi connectivity index (χ4v) is 5.24. The zero-order valence-corrected chi connectivity index (χ0v) is 14.8. The summed E-state index contributed by atoms with van der Waals surface area (Å²) in [6.07, 6.45) is 7.17. The van der Waals surface area contributed by atoms with Gasteiger partial charge >= 0.3 is 0 Å². The molecule has 23 heavy (non-hydrogen) atoms. The van der Waals surface area contributed by atoms with E-state index in [0.717, 1.165) is 30.9 Å². The third-order valence-corrected chi connectivity index (χ3v) is 7.22. The molecule has 2 unspecified atom stereocenters. The molecule has 1 aliphatic heterocycles. The number of nitrogens with zero attached hydrogens (tertiary/aromatic N) is 1. The fourth-order valence-electron chi connectivity index (χ4n) is 3.73. The van der Waals surface area contributed by atoms with Crippen LogP contribution in [0.15, 0.2) is 29.2 Å². The third-order valence-electron chi connectivity index (χ3n) is 5.31. The molecule has 0 aromatic heterocycles. The molecule has 2 aliphatic rings. The Hall–Kier alpha value is -0.910. The smallest absolute Gasteiger partial charge is 0.243 e. The van der Waals surface area contributed by atoms with Crippen LogP contribution in [0.2, 0.25) is 0 Å². The van der Waals surface area contributed by atoms with Crippen LogP contribution in [0.1, 0.15) is 51.0 Å². The van der Waals surface area contributed by atoms with Crippen molar-refractivity contribution in [1.82, 2.24) is 9.62 Å². The van der Waals surface area contributed by atoms with Gasteiger partial charge < -0.3 is 5.32 Å². The number of sulfonamides is 1. The Labute approximate surface area is 140 Å². The Balaban J connectivity index is 1.60. The Morgan fingerprint density at radius 2 is 1.70 bits per heavy atom. The molecule has 2 atom stereocenters. The lowest BCUT2D eigenvalue weighted by Gasteiger charge is -2.29. The van der Waals surface area contributed by atoms with Gasteiger partial charge in [0.25, 0.3) is 0 Å². The molecular weight excluding hydrogens is 308 g/mol. The van der Waals surface area contributed by atoms with Crippen LogP contribution in [0.5, 0.6) is 0 Å². The van der Waals surface area contributed by atoms with E-state index in [-0.39, 0.29) is 0 Å². The lowest BCUT2D eigenvalue weighted by atomic mass is 9.86. The number of nitrogens with one attached hydrogen (secondary N) is 1. The highest BCUT2D eigenvalue weighted by Crippen LogP contribution is 2.24. The predicted molar refractivity (Wildman–Crippen MR) is 92.7 cm³/mol. The molecule has 128 valence electrons.